The summed E-state index contributed by atoms with van der Waals surface area (Å²) in [6, 6.07) is 10.4. The molecule has 0 aliphatic carbocycles. The third-order valence-corrected chi connectivity index (χ3v) is 7.80. The van der Waals surface area contributed by atoms with Crippen LogP contribution in [0.25, 0.3) is 0 Å². The zero-order chi connectivity index (χ0) is 20.9. The second kappa shape index (κ2) is 9.93. The predicted octanol–water partition coefficient (Wildman–Crippen LogP) is 3.88. The van der Waals surface area contributed by atoms with Gasteiger partial charge >= 0.3 is 0 Å². The van der Waals surface area contributed by atoms with E-state index >= 15 is 0 Å². The van der Waals surface area contributed by atoms with E-state index < -0.39 is 10.0 Å². The topological polar surface area (TPSA) is 79.4 Å². The van der Waals surface area contributed by atoms with Gasteiger partial charge in [-0.15, -0.1) is 0 Å². The van der Waals surface area contributed by atoms with Crippen LogP contribution in [0.4, 0.5) is 0 Å². The number of halogens is 1. The van der Waals surface area contributed by atoms with Crippen molar-refractivity contribution in [3.05, 3.63) is 53.2 Å². The molecule has 156 valence electrons. The van der Waals surface area contributed by atoms with Crippen molar-refractivity contribution in [2.75, 3.05) is 18.8 Å². The maximum absolute atomic E-state index is 12.7. The molecule has 1 aromatic heterocycles. The minimum absolute atomic E-state index is 0.130. The zero-order valence-corrected chi connectivity index (χ0v) is 18.6. The molecule has 1 saturated heterocycles. The summed E-state index contributed by atoms with van der Waals surface area (Å²) in [6.45, 7) is 3.01. The van der Waals surface area contributed by atoms with Crippen LogP contribution >= 0.6 is 23.4 Å². The Hall–Kier alpha value is -1.61. The van der Waals surface area contributed by atoms with Gasteiger partial charge in [0.15, 0.2) is 0 Å². The van der Waals surface area contributed by atoms with Crippen LogP contribution in [0, 0.1) is 0 Å². The first-order valence-electron chi connectivity index (χ1n) is 9.50. The number of carbonyl (C=O) groups is 1. The quantitative estimate of drug-likeness (QED) is 0.643. The fraction of sp³-hybridized carbons (Fsp3) is 0.400. The number of sulfonamides is 1. The standard InChI is InChI=1S/C20H24ClN3O3S2/c1-15(16-6-5-7-17(21)12-16)23-19(25)14-28-20-9-8-18(13-22-20)29(26,27)24-10-3-2-4-11-24/h5-9,12-13,15H,2-4,10-11,14H2,1H3,(H,23,25)/t15-/m0/s1. The Morgan fingerprint density at radius 3 is 2.66 bits per heavy atom. The van der Waals surface area contributed by atoms with Gasteiger partial charge in [0.25, 0.3) is 0 Å². The number of carbonyl (C=O) groups excluding carboxylic acids is 1. The summed E-state index contributed by atoms with van der Waals surface area (Å²) in [6.07, 6.45) is 4.23. The predicted molar refractivity (Wildman–Crippen MR) is 116 cm³/mol. The molecule has 1 N–H and O–H groups in total. The van der Waals surface area contributed by atoms with Gasteiger partial charge < -0.3 is 5.32 Å². The van der Waals surface area contributed by atoms with Crippen LogP contribution in [0.1, 0.15) is 37.8 Å². The van der Waals surface area contributed by atoms with Gasteiger partial charge in [0.2, 0.25) is 15.9 Å². The molecule has 1 aliphatic heterocycles. The van der Waals surface area contributed by atoms with Crippen molar-refractivity contribution in [1.82, 2.24) is 14.6 Å². The molecule has 1 fully saturated rings. The van der Waals surface area contributed by atoms with Crippen molar-refractivity contribution >= 4 is 39.3 Å². The minimum atomic E-state index is -3.49. The lowest BCUT2D eigenvalue weighted by atomic mass is 10.1. The van der Waals surface area contributed by atoms with Crippen molar-refractivity contribution in [2.45, 2.75) is 42.1 Å². The average molecular weight is 454 g/mol. The molecule has 0 spiro atoms. The van der Waals surface area contributed by atoms with Crippen LogP contribution in [-0.2, 0) is 14.8 Å². The van der Waals surface area contributed by atoms with Crippen LogP contribution in [0.5, 0.6) is 0 Å². The van der Waals surface area contributed by atoms with Crippen molar-refractivity contribution in [1.29, 1.82) is 0 Å². The number of nitrogens with one attached hydrogen (secondary N) is 1. The first-order chi connectivity index (χ1) is 13.9. The molecule has 1 atom stereocenters. The molecule has 1 amide bonds. The van der Waals surface area contributed by atoms with E-state index in [0.29, 0.717) is 23.1 Å². The van der Waals surface area contributed by atoms with Crippen molar-refractivity contribution in [3.8, 4) is 0 Å². The smallest absolute Gasteiger partial charge is 0.244 e. The van der Waals surface area contributed by atoms with Gasteiger partial charge in [-0.2, -0.15) is 4.31 Å². The van der Waals surface area contributed by atoms with Crippen LogP contribution in [0.15, 0.2) is 52.5 Å². The number of piperidine rings is 1. The van der Waals surface area contributed by atoms with Gasteiger partial charge in [0, 0.05) is 24.3 Å². The molecule has 9 heteroatoms. The third kappa shape index (κ3) is 5.94. The van der Waals surface area contributed by atoms with E-state index in [1.54, 1.807) is 18.2 Å². The lowest BCUT2D eigenvalue weighted by Gasteiger charge is -2.25. The van der Waals surface area contributed by atoms with E-state index in [9.17, 15) is 13.2 Å². The van der Waals surface area contributed by atoms with E-state index in [4.69, 9.17) is 11.6 Å². The highest BCUT2D eigenvalue weighted by atomic mass is 35.5. The summed E-state index contributed by atoms with van der Waals surface area (Å²) in [5, 5.41) is 4.15. The molecular weight excluding hydrogens is 430 g/mol. The summed E-state index contributed by atoms with van der Waals surface area (Å²) >= 11 is 7.26. The average Bonchev–Trinajstić information content (AvgIpc) is 2.73. The maximum Gasteiger partial charge on any atom is 0.244 e. The molecule has 0 saturated carbocycles. The molecule has 3 rings (SSSR count). The highest BCUT2D eigenvalue weighted by Crippen LogP contribution is 2.23. The largest absolute Gasteiger partial charge is 0.349 e. The first kappa shape index (κ1) is 22.1. The maximum atomic E-state index is 12.7. The fourth-order valence-electron chi connectivity index (χ4n) is 3.14. The zero-order valence-electron chi connectivity index (χ0n) is 16.2. The summed E-state index contributed by atoms with van der Waals surface area (Å²) in [4.78, 5) is 16.6. The molecule has 1 aromatic carbocycles. The highest BCUT2D eigenvalue weighted by molar-refractivity contribution is 7.99. The third-order valence-electron chi connectivity index (χ3n) is 4.74. The highest BCUT2D eigenvalue weighted by Gasteiger charge is 2.26. The Bertz CT molecular complexity index is 946. The van der Waals surface area contributed by atoms with Gasteiger partial charge in [-0.1, -0.05) is 41.9 Å². The number of hydrogen-bond donors (Lipinski definition) is 1. The normalized spacial score (nSPS) is 16.3. The molecule has 0 unspecified atom stereocenters. The number of aromatic nitrogens is 1. The van der Waals surface area contributed by atoms with Crippen LogP contribution in [-0.4, -0.2) is 42.5 Å². The van der Waals surface area contributed by atoms with Crippen molar-refractivity contribution in [2.24, 2.45) is 0 Å². The van der Waals surface area contributed by atoms with Crippen molar-refractivity contribution in [3.63, 3.8) is 0 Å². The van der Waals surface area contributed by atoms with Crippen LogP contribution in [0.2, 0.25) is 5.02 Å². The Balaban J connectivity index is 1.54. The summed E-state index contributed by atoms with van der Waals surface area (Å²) in [5.41, 5.74) is 0.932. The number of nitrogens with zero attached hydrogens (tertiary/aromatic N) is 2. The molecule has 6 nitrogen and oxygen atoms in total. The molecule has 29 heavy (non-hydrogen) atoms. The van der Waals surface area contributed by atoms with Gasteiger partial charge in [-0.3, -0.25) is 4.79 Å². The van der Waals surface area contributed by atoms with Crippen molar-refractivity contribution < 1.29 is 13.2 Å². The van der Waals surface area contributed by atoms with E-state index in [1.807, 2.05) is 25.1 Å². The van der Waals surface area contributed by atoms with E-state index in [-0.39, 0.29) is 22.6 Å². The molecule has 2 aromatic rings. The number of benzene rings is 1. The number of amides is 1. The van der Waals surface area contributed by atoms with E-state index in [2.05, 4.69) is 10.3 Å². The number of pyridine rings is 1. The Morgan fingerprint density at radius 1 is 1.24 bits per heavy atom. The second-order valence-corrected chi connectivity index (χ2v) is 10.3. The lowest BCUT2D eigenvalue weighted by Crippen LogP contribution is -2.35. The van der Waals surface area contributed by atoms with Crippen LogP contribution in [0.3, 0.4) is 0 Å². The summed E-state index contributed by atoms with van der Waals surface area (Å²) in [7, 11) is -3.49. The van der Waals surface area contributed by atoms with Gasteiger partial charge in [-0.05, 0) is 49.6 Å². The number of hydrogen-bond acceptors (Lipinski definition) is 5. The lowest BCUT2D eigenvalue weighted by molar-refractivity contribution is -0.119. The Morgan fingerprint density at radius 2 is 2.00 bits per heavy atom. The fourth-order valence-corrected chi connectivity index (χ4v) is 5.46. The van der Waals surface area contributed by atoms with Gasteiger partial charge in [0.05, 0.1) is 16.8 Å². The first-order valence-corrected chi connectivity index (χ1v) is 12.3. The molecule has 2 heterocycles. The van der Waals surface area contributed by atoms with Gasteiger partial charge in [-0.25, -0.2) is 13.4 Å². The molecular formula is C20H24ClN3O3S2. The monoisotopic (exact) mass is 453 g/mol. The Kier molecular flexibility index (Phi) is 7.56. The SMILES string of the molecule is C[C@H](NC(=O)CSc1ccc(S(=O)(=O)N2CCCCC2)cn1)c1cccc(Cl)c1. The number of rotatable bonds is 7. The molecule has 0 bridgehead atoms. The number of thioether (sulfide) groups is 1. The molecule has 0 radical (unpaired) electrons. The van der Waals surface area contributed by atoms with Gasteiger partial charge in [0.1, 0.15) is 4.90 Å². The van der Waals surface area contributed by atoms with E-state index in [1.165, 1.54) is 22.3 Å². The molecule has 1 aliphatic rings. The van der Waals surface area contributed by atoms with E-state index in [0.717, 1.165) is 24.8 Å². The second-order valence-electron chi connectivity index (χ2n) is 6.93. The van der Waals surface area contributed by atoms with Crippen LogP contribution < -0.4 is 5.32 Å². The minimum Gasteiger partial charge on any atom is -0.349 e. The summed E-state index contributed by atoms with van der Waals surface area (Å²) in [5.74, 6) is 0.0603. The summed E-state index contributed by atoms with van der Waals surface area (Å²) < 4.78 is 26.8. The Labute approximate surface area is 181 Å².